The van der Waals surface area contributed by atoms with Crippen molar-refractivity contribution in [3.8, 4) is 5.75 Å². The summed E-state index contributed by atoms with van der Waals surface area (Å²) in [5, 5.41) is 24.5. The molecule has 0 aromatic carbocycles. The fourth-order valence-corrected chi connectivity index (χ4v) is 3.46. The van der Waals surface area contributed by atoms with Crippen molar-refractivity contribution < 1.29 is 15.0 Å². The van der Waals surface area contributed by atoms with Crippen molar-refractivity contribution >= 4 is 5.91 Å². The van der Waals surface area contributed by atoms with Gasteiger partial charge in [0.1, 0.15) is 5.75 Å². The molecule has 2 heterocycles. The fraction of sp³-hybridized carbons (Fsp3) is 0.550. The molecule has 27 heavy (non-hydrogen) atoms. The lowest BCUT2D eigenvalue weighted by molar-refractivity contribution is 0.0743. The highest BCUT2D eigenvalue weighted by Crippen LogP contribution is 2.39. The van der Waals surface area contributed by atoms with Gasteiger partial charge in [-0.3, -0.25) is 14.5 Å². The van der Waals surface area contributed by atoms with Gasteiger partial charge in [0.05, 0.1) is 24.9 Å². The van der Waals surface area contributed by atoms with E-state index >= 15 is 0 Å². The lowest BCUT2D eigenvalue weighted by Gasteiger charge is -2.22. The van der Waals surface area contributed by atoms with E-state index in [0.717, 1.165) is 5.69 Å². The van der Waals surface area contributed by atoms with Crippen LogP contribution in [-0.4, -0.2) is 42.3 Å². The van der Waals surface area contributed by atoms with E-state index in [2.05, 4.69) is 17.0 Å². The summed E-state index contributed by atoms with van der Waals surface area (Å²) in [5.74, 6) is 0.495. The number of aryl methyl sites for hydroxylation is 2. The normalized spacial score (nSPS) is 15.0. The molecule has 2 N–H and O–H groups in total. The summed E-state index contributed by atoms with van der Waals surface area (Å²) in [5.41, 5.74) is 2.92. The molecule has 0 bridgehead atoms. The molecule has 2 aromatic heterocycles. The average Bonchev–Trinajstić information content (AvgIpc) is 3.44. The Morgan fingerprint density at radius 2 is 2.11 bits per heavy atom. The molecule has 146 valence electrons. The van der Waals surface area contributed by atoms with Gasteiger partial charge in [0.2, 0.25) is 0 Å². The van der Waals surface area contributed by atoms with Crippen molar-refractivity contribution in [3.05, 3.63) is 40.5 Å². The number of amides is 1. The molecule has 1 fully saturated rings. The van der Waals surface area contributed by atoms with E-state index in [0.29, 0.717) is 41.0 Å². The van der Waals surface area contributed by atoms with Crippen LogP contribution in [0.2, 0.25) is 0 Å². The second-order valence-corrected chi connectivity index (χ2v) is 7.37. The van der Waals surface area contributed by atoms with Gasteiger partial charge in [-0.1, -0.05) is 0 Å². The number of nitrogens with zero attached hydrogens (tertiary/aromatic N) is 4. The molecular weight excluding hydrogens is 344 g/mol. The Kier molecular flexibility index (Phi) is 5.51. The Labute approximate surface area is 159 Å². The third kappa shape index (κ3) is 3.83. The van der Waals surface area contributed by atoms with Crippen molar-refractivity contribution in [2.75, 3.05) is 6.54 Å². The van der Waals surface area contributed by atoms with Crippen molar-refractivity contribution in [1.29, 1.82) is 0 Å². The third-order valence-electron chi connectivity index (χ3n) is 5.45. The van der Waals surface area contributed by atoms with E-state index in [-0.39, 0.29) is 24.8 Å². The van der Waals surface area contributed by atoms with Gasteiger partial charge >= 0.3 is 0 Å². The maximum absolute atomic E-state index is 13.0. The number of rotatable bonds is 7. The molecule has 2 aromatic rings. The molecule has 7 heteroatoms. The Morgan fingerprint density at radius 3 is 2.70 bits per heavy atom. The smallest absolute Gasteiger partial charge is 0.274 e. The Morgan fingerprint density at radius 1 is 1.41 bits per heavy atom. The fourth-order valence-electron chi connectivity index (χ4n) is 3.46. The number of carbonyl (C=O) groups excluding carboxylic acids is 1. The Balaban J connectivity index is 1.85. The van der Waals surface area contributed by atoms with E-state index in [9.17, 15) is 15.0 Å². The second kappa shape index (κ2) is 7.68. The van der Waals surface area contributed by atoms with Crippen LogP contribution in [0.5, 0.6) is 5.75 Å². The van der Waals surface area contributed by atoms with Crippen molar-refractivity contribution in [3.63, 3.8) is 0 Å². The highest BCUT2D eigenvalue weighted by molar-refractivity contribution is 5.92. The van der Waals surface area contributed by atoms with Crippen LogP contribution in [0.25, 0.3) is 0 Å². The summed E-state index contributed by atoms with van der Waals surface area (Å²) < 4.78 is 1.95. The highest BCUT2D eigenvalue weighted by atomic mass is 16.3. The molecule has 0 spiro atoms. The summed E-state index contributed by atoms with van der Waals surface area (Å²) in [6.07, 6.45) is 3.98. The number of hydrogen-bond acceptors (Lipinski definition) is 5. The quantitative estimate of drug-likeness (QED) is 0.780. The SMILES string of the molecule is CCN(Cc1c(CO)cnc(C)c1O)C(=O)c1cc(C)n(C(C)C2CC2)n1. The number of aliphatic hydroxyl groups excluding tert-OH is 1. The lowest BCUT2D eigenvalue weighted by Crippen LogP contribution is -2.31. The van der Waals surface area contributed by atoms with Crippen LogP contribution in [0.15, 0.2) is 12.3 Å². The van der Waals surface area contributed by atoms with Gasteiger partial charge in [-0.25, -0.2) is 0 Å². The second-order valence-electron chi connectivity index (χ2n) is 7.37. The average molecular weight is 372 g/mol. The first kappa shape index (κ1) is 19.4. The number of pyridine rings is 1. The van der Waals surface area contributed by atoms with E-state index in [1.165, 1.54) is 12.8 Å². The molecule has 0 saturated heterocycles. The van der Waals surface area contributed by atoms with Crippen LogP contribution in [0.1, 0.15) is 65.7 Å². The van der Waals surface area contributed by atoms with Crippen LogP contribution in [0.4, 0.5) is 0 Å². The minimum absolute atomic E-state index is 0.0249. The number of carbonyl (C=O) groups is 1. The maximum atomic E-state index is 13.0. The lowest BCUT2D eigenvalue weighted by atomic mass is 10.1. The Hall–Kier alpha value is -2.41. The van der Waals surface area contributed by atoms with Crippen molar-refractivity contribution in [2.45, 2.75) is 59.7 Å². The van der Waals surface area contributed by atoms with Crippen molar-refractivity contribution in [2.24, 2.45) is 5.92 Å². The van der Waals surface area contributed by atoms with E-state index in [1.54, 1.807) is 18.0 Å². The Bertz CT molecular complexity index is 842. The predicted octanol–water partition coefficient (Wildman–Crippen LogP) is 2.73. The van der Waals surface area contributed by atoms with Crippen LogP contribution in [-0.2, 0) is 13.2 Å². The van der Waals surface area contributed by atoms with Gasteiger partial charge in [-0.2, -0.15) is 5.10 Å². The summed E-state index contributed by atoms with van der Waals surface area (Å²) in [4.78, 5) is 18.7. The van der Waals surface area contributed by atoms with Gasteiger partial charge in [-0.15, -0.1) is 0 Å². The predicted molar refractivity (Wildman–Crippen MR) is 101 cm³/mol. The largest absolute Gasteiger partial charge is 0.506 e. The number of aliphatic hydroxyl groups is 1. The molecule has 1 aliphatic rings. The summed E-state index contributed by atoms with van der Waals surface area (Å²) >= 11 is 0. The molecule has 0 radical (unpaired) electrons. The molecule has 1 amide bonds. The third-order valence-corrected chi connectivity index (χ3v) is 5.45. The standard InChI is InChI=1S/C20H28N4O3/c1-5-23(10-17-16(11-25)9-21-13(3)19(17)26)20(27)18-8-12(2)24(22-18)14(4)15-6-7-15/h8-9,14-15,25-26H,5-7,10-11H2,1-4H3. The molecule has 7 nitrogen and oxygen atoms in total. The highest BCUT2D eigenvalue weighted by Gasteiger charge is 2.31. The van der Waals surface area contributed by atoms with E-state index < -0.39 is 0 Å². The van der Waals surface area contributed by atoms with Gasteiger partial charge in [-0.05, 0) is 52.5 Å². The minimum Gasteiger partial charge on any atom is -0.506 e. The van der Waals surface area contributed by atoms with Crippen molar-refractivity contribution in [1.82, 2.24) is 19.7 Å². The van der Waals surface area contributed by atoms with E-state index in [4.69, 9.17) is 0 Å². The topological polar surface area (TPSA) is 91.5 Å². The first-order valence-corrected chi connectivity index (χ1v) is 9.49. The molecule has 1 unspecified atom stereocenters. The van der Waals surface area contributed by atoms with Gasteiger partial charge in [0.25, 0.3) is 5.91 Å². The van der Waals surface area contributed by atoms with Gasteiger partial charge in [0.15, 0.2) is 5.69 Å². The molecule has 1 aliphatic carbocycles. The zero-order chi connectivity index (χ0) is 19.7. The first-order chi connectivity index (χ1) is 12.9. The van der Waals surface area contributed by atoms with Crippen LogP contribution in [0, 0.1) is 19.8 Å². The first-order valence-electron chi connectivity index (χ1n) is 9.49. The van der Waals surface area contributed by atoms with Crippen LogP contribution < -0.4 is 0 Å². The van der Waals surface area contributed by atoms with Gasteiger partial charge < -0.3 is 15.1 Å². The zero-order valence-corrected chi connectivity index (χ0v) is 16.4. The zero-order valence-electron chi connectivity index (χ0n) is 16.4. The summed E-state index contributed by atoms with van der Waals surface area (Å²) in [6, 6.07) is 2.13. The van der Waals surface area contributed by atoms with Crippen LogP contribution in [0.3, 0.4) is 0 Å². The number of aromatic nitrogens is 3. The van der Waals surface area contributed by atoms with Gasteiger partial charge in [0, 0.05) is 29.6 Å². The number of aromatic hydroxyl groups is 1. The molecule has 1 atom stereocenters. The molecule has 0 aliphatic heterocycles. The number of hydrogen-bond donors (Lipinski definition) is 2. The maximum Gasteiger partial charge on any atom is 0.274 e. The monoisotopic (exact) mass is 372 g/mol. The minimum atomic E-state index is -0.242. The molecule has 1 saturated carbocycles. The molecular formula is C20H28N4O3. The summed E-state index contributed by atoms with van der Waals surface area (Å²) in [6.45, 7) is 8.13. The molecule has 3 rings (SSSR count). The van der Waals surface area contributed by atoms with Crippen LogP contribution >= 0.6 is 0 Å². The summed E-state index contributed by atoms with van der Waals surface area (Å²) in [7, 11) is 0. The van der Waals surface area contributed by atoms with E-state index in [1.807, 2.05) is 24.6 Å².